The summed E-state index contributed by atoms with van der Waals surface area (Å²) in [4.78, 5) is 15.0. The molecule has 0 spiro atoms. The van der Waals surface area contributed by atoms with E-state index in [1.165, 1.54) is 31.2 Å². The van der Waals surface area contributed by atoms with Crippen molar-refractivity contribution in [2.45, 2.75) is 38.3 Å². The normalized spacial score (nSPS) is 30.5. The third-order valence-corrected chi connectivity index (χ3v) is 5.75. The van der Waals surface area contributed by atoms with Gasteiger partial charge in [0.05, 0.1) is 13.2 Å². The zero-order valence-corrected chi connectivity index (χ0v) is 13.7. The van der Waals surface area contributed by atoms with Crippen molar-refractivity contribution in [3.05, 3.63) is 35.4 Å². The minimum absolute atomic E-state index is 0.103. The molecule has 4 heteroatoms. The third-order valence-electron chi connectivity index (χ3n) is 5.75. The first-order chi connectivity index (χ1) is 11.3. The first-order valence-electron chi connectivity index (χ1n) is 8.98. The van der Waals surface area contributed by atoms with Crippen molar-refractivity contribution in [3.63, 3.8) is 0 Å². The van der Waals surface area contributed by atoms with Gasteiger partial charge in [-0.1, -0.05) is 18.6 Å². The van der Waals surface area contributed by atoms with Gasteiger partial charge in [0, 0.05) is 31.2 Å². The second kappa shape index (κ2) is 6.62. The van der Waals surface area contributed by atoms with Gasteiger partial charge in [0.15, 0.2) is 0 Å². The van der Waals surface area contributed by atoms with Gasteiger partial charge < -0.3 is 10.1 Å². The Bertz CT molecular complexity index is 568. The largest absolute Gasteiger partial charge is 0.379 e. The summed E-state index contributed by atoms with van der Waals surface area (Å²) >= 11 is 0. The lowest BCUT2D eigenvalue weighted by Crippen LogP contribution is -2.38. The number of fused-ring (bicyclic) bond motifs is 2. The Balaban J connectivity index is 1.38. The van der Waals surface area contributed by atoms with E-state index in [0.29, 0.717) is 6.04 Å². The maximum absolute atomic E-state index is 12.6. The van der Waals surface area contributed by atoms with Crippen molar-refractivity contribution < 1.29 is 9.53 Å². The Labute approximate surface area is 138 Å². The van der Waals surface area contributed by atoms with E-state index in [2.05, 4.69) is 22.3 Å². The molecule has 0 unspecified atom stereocenters. The number of amides is 1. The monoisotopic (exact) mass is 314 g/mol. The first-order valence-corrected chi connectivity index (χ1v) is 8.98. The molecule has 23 heavy (non-hydrogen) atoms. The average Bonchev–Trinajstić information content (AvgIpc) is 3.19. The fraction of sp³-hybridized carbons (Fsp3) is 0.632. The molecule has 2 saturated carbocycles. The van der Waals surface area contributed by atoms with Gasteiger partial charge in [-0.3, -0.25) is 9.69 Å². The van der Waals surface area contributed by atoms with Gasteiger partial charge in [-0.2, -0.15) is 0 Å². The van der Waals surface area contributed by atoms with Crippen LogP contribution in [-0.4, -0.2) is 43.2 Å². The lowest BCUT2D eigenvalue weighted by atomic mass is 9.95. The van der Waals surface area contributed by atoms with Crippen molar-refractivity contribution in [3.8, 4) is 0 Å². The molecule has 1 heterocycles. The highest BCUT2D eigenvalue weighted by molar-refractivity contribution is 5.94. The molecule has 2 bridgehead atoms. The number of hydrogen-bond donors (Lipinski definition) is 1. The van der Waals surface area contributed by atoms with E-state index in [1.54, 1.807) is 0 Å². The highest BCUT2D eigenvalue weighted by Gasteiger charge is 2.40. The molecule has 4 rings (SSSR count). The Morgan fingerprint density at radius 3 is 2.83 bits per heavy atom. The van der Waals surface area contributed by atoms with Gasteiger partial charge in [0.25, 0.3) is 5.91 Å². The van der Waals surface area contributed by atoms with Gasteiger partial charge >= 0.3 is 0 Å². The molecule has 1 saturated heterocycles. The van der Waals surface area contributed by atoms with Crippen molar-refractivity contribution >= 4 is 5.91 Å². The maximum Gasteiger partial charge on any atom is 0.251 e. The molecule has 1 aromatic carbocycles. The van der Waals surface area contributed by atoms with Crippen molar-refractivity contribution in [1.82, 2.24) is 10.2 Å². The van der Waals surface area contributed by atoms with E-state index in [1.807, 2.05) is 12.1 Å². The summed E-state index contributed by atoms with van der Waals surface area (Å²) < 4.78 is 5.39. The number of ether oxygens (including phenoxy) is 1. The van der Waals surface area contributed by atoms with Crippen LogP contribution in [0.2, 0.25) is 0 Å². The summed E-state index contributed by atoms with van der Waals surface area (Å²) in [6.45, 7) is 4.47. The van der Waals surface area contributed by atoms with Crippen LogP contribution in [-0.2, 0) is 11.3 Å². The zero-order chi connectivity index (χ0) is 15.6. The summed E-state index contributed by atoms with van der Waals surface area (Å²) in [6.07, 6.45) is 5.17. The molecule has 1 N–H and O–H groups in total. The van der Waals surface area contributed by atoms with Gasteiger partial charge in [-0.15, -0.1) is 0 Å². The predicted molar refractivity (Wildman–Crippen MR) is 89.2 cm³/mol. The molecule has 1 aliphatic heterocycles. The predicted octanol–water partition coefficient (Wildman–Crippen LogP) is 2.44. The van der Waals surface area contributed by atoms with Crippen LogP contribution >= 0.6 is 0 Å². The molecule has 3 fully saturated rings. The lowest BCUT2D eigenvalue weighted by Gasteiger charge is -2.26. The topological polar surface area (TPSA) is 41.6 Å². The number of nitrogens with zero attached hydrogens (tertiary/aromatic N) is 1. The second-order valence-electron chi connectivity index (χ2n) is 7.34. The van der Waals surface area contributed by atoms with Crippen molar-refractivity contribution in [2.75, 3.05) is 26.3 Å². The van der Waals surface area contributed by atoms with Crippen LogP contribution in [0.25, 0.3) is 0 Å². The number of hydrogen-bond acceptors (Lipinski definition) is 3. The Hall–Kier alpha value is -1.39. The fourth-order valence-electron chi connectivity index (χ4n) is 4.50. The molecular formula is C19H26N2O2. The quantitative estimate of drug-likeness (QED) is 0.928. The molecule has 3 atom stereocenters. The minimum atomic E-state index is 0.103. The van der Waals surface area contributed by atoms with Gasteiger partial charge in [0.2, 0.25) is 0 Å². The van der Waals surface area contributed by atoms with E-state index in [4.69, 9.17) is 4.74 Å². The first kappa shape index (κ1) is 15.2. The van der Waals surface area contributed by atoms with Crippen LogP contribution in [0.1, 0.15) is 41.6 Å². The van der Waals surface area contributed by atoms with Gasteiger partial charge in [-0.05, 0) is 48.8 Å². The van der Waals surface area contributed by atoms with Gasteiger partial charge in [0.1, 0.15) is 0 Å². The summed E-state index contributed by atoms with van der Waals surface area (Å²) in [5.41, 5.74) is 2.02. The van der Waals surface area contributed by atoms with E-state index >= 15 is 0 Å². The molecule has 124 valence electrons. The lowest BCUT2D eigenvalue weighted by molar-refractivity contribution is 0.0342. The zero-order valence-electron chi connectivity index (χ0n) is 13.7. The van der Waals surface area contributed by atoms with Crippen LogP contribution in [0.15, 0.2) is 24.3 Å². The number of carbonyl (C=O) groups is 1. The third kappa shape index (κ3) is 3.43. The number of morpholine rings is 1. The Morgan fingerprint density at radius 1 is 1.22 bits per heavy atom. The molecule has 4 nitrogen and oxygen atoms in total. The van der Waals surface area contributed by atoms with E-state index in [0.717, 1.165) is 50.2 Å². The average molecular weight is 314 g/mol. The molecule has 0 aromatic heterocycles. The SMILES string of the molecule is O=C(N[C@H]1C[C@@H]2CC[C@@H]1C2)c1cccc(CN2CCOCC2)c1. The molecule has 1 amide bonds. The van der Waals surface area contributed by atoms with Crippen LogP contribution in [0.4, 0.5) is 0 Å². The van der Waals surface area contributed by atoms with E-state index in [-0.39, 0.29) is 5.91 Å². The summed E-state index contributed by atoms with van der Waals surface area (Å²) in [7, 11) is 0. The number of nitrogens with one attached hydrogen (secondary N) is 1. The maximum atomic E-state index is 12.6. The van der Waals surface area contributed by atoms with E-state index in [9.17, 15) is 4.79 Å². The molecule has 2 aliphatic carbocycles. The number of benzene rings is 1. The molecule has 1 aromatic rings. The molecular weight excluding hydrogens is 288 g/mol. The van der Waals surface area contributed by atoms with Crippen molar-refractivity contribution in [1.29, 1.82) is 0 Å². The summed E-state index contributed by atoms with van der Waals surface area (Å²) in [6, 6.07) is 8.52. The smallest absolute Gasteiger partial charge is 0.251 e. The summed E-state index contributed by atoms with van der Waals surface area (Å²) in [5, 5.41) is 3.28. The molecule has 3 aliphatic rings. The van der Waals surface area contributed by atoms with Gasteiger partial charge in [-0.25, -0.2) is 0 Å². The van der Waals surface area contributed by atoms with Crippen LogP contribution < -0.4 is 5.32 Å². The van der Waals surface area contributed by atoms with Crippen LogP contribution in [0, 0.1) is 11.8 Å². The van der Waals surface area contributed by atoms with E-state index < -0.39 is 0 Å². The Morgan fingerprint density at radius 2 is 2.09 bits per heavy atom. The van der Waals surface area contributed by atoms with Crippen LogP contribution in [0.5, 0.6) is 0 Å². The van der Waals surface area contributed by atoms with Crippen LogP contribution in [0.3, 0.4) is 0 Å². The number of carbonyl (C=O) groups excluding carboxylic acids is 1. The molecule has 0 radical (unpaired) electrons. The number of rotatable bonds is 4. The Kier molecular flexibility index (Phi) is 4.36. The minimum Gasteiger partial charge on any atom is -0.379 e. The standard InChI is InChI=1S/C19H26N2O2/c22-19(20-18-12-14-4-5-16(18)10-14)17-3-1-2-15(11-17)13-21-6-8-23-9-7-21/h1-3,11,14,16,18H,4-10,12-13H2,(H,20,22)/t14-,16-,18+/m1/s1. The fourth-order valence-corrected chi connectivity index (χ4v) is 4.50. The second-order valence-corrected chi connectivity index (χ2v) is 7.34. The highest BCUT2D eigenvalue weighted by atomic mass is 16.5. The summed E-state index contributed by atoms with van der Waals surface area (Å²) in [5.74, 6) is 1.69. The van der Waals surface area contributed by atoms with Crippen molar-refractivity contribution in [2.24, 2.45) is 11.8 Å². The highest BCUT2D eigenvalue weighted by Crippen LogP contribution is 2.44.